The van der Waals surface area contributed by atoms with E-state index in [-0.39, 0.29) is 11.7 Å². The monoisotopic (exact) mass is 248 g/mol. The zero-order valence-corrected chi connectivity index (χ0v) is 10.2. The summed E-state index contributed by atoms with van der Waals surface area (Å²) in [6.07, 6.45) is 0. The van der Waals surface area contributed by atoms with Crippen LogP contribution in [0.5, 0.6) is 0 Å². The number of nitrogens with two attached hydrogens (primary N) is 1. The maximum absolute atomic E-state index is 8.72. The number of hydrogen-bond donors (Lipinski definition) is 2. The second-order valence-corrected chi connectivity index (χ2v) is 3.90. The Morgan fingerprint density at radius 1 is 1.00 bits per heavy atom. The zero-order chi connectivity index (χ0) is 13.7. The SMILES string of the molecule is N#Cc1ccc(C(N)=NC(=N)c2ccccc2)cc1. The van der Waals surface area contributed by atoms with Gasteiger partial charge in [-0.25, -0.2) is 4.99 Å². The molecule has 0 unspecified atom stereocenters. The predicted octanol–water partition coefficient (Wildman–Crippen LogP) is 2.29. The lowest BCUT2D eigenvalue weighted by atomic mass is 10.1. The van der Waals surface area contributed by atoms with Crippen LogP contribution in [0.3, 0.4) is 0 Å². The van der Waals surface area contributed by atoms with Gasteiger partial charge in [-0.15, -0.1) is 0 Å². The second kappa shape index (κ2) is 5.61. The highest BCUT2D eigenvalue weighted by molar-refractivity contribution is 6.09. The van der Waals surface area contributed by atoms with Gasteiger partial charge in [0.15, 0.2) is 5.84 Å². The minimum atomic E-state index is 0.113. The first kappa shape index (κ1) is 12.5. The normalized spacial score (nSPS) is 10.8. The highest BCUT2D eigenvalue weighted by atomic mass is 14.9. The quantitative estimate of drug-likeness (QED) is 0.631. The van der Waals surface area contributed by atoms with E-state index in [1.807, 2.05) is 24.3 Å². The molecule has 4 nitrogen and oxygen atoms in total. The molecule has 92 valence electrons. The van der Waals surface area contributed by atoms with Gasteiger partial charge in [0.05, 0.1) is 11.6 Å². The maximum Gasteiger partial charge on any atom is 0.154 e. The van der Waals surface area contributed by atoms with E-state index in [1.165, 1.54) is 0 Å². The number of hydrogen-bond acceptors (Lipinski definition) is 2. The molecule has 0 aromatic heterocycles. The van der Waals surface area contributed by atoms with Crippen molar-refractivity contribution in [2.45, 2.75) is 0 Å². The molecule has 2 aromatic rings. The Labute approximate surface area is 111 Å². The van der Waals surface area contributed by atoms with Crippen LogP contribution in [-0.2, 0) is 0 Å². The largest absolute Gasteiger partial charge is 0.383 e. The summed E-state index contributed by atoms with van der Waals surface area (Å²) in [6.45, 7) is 0. The topological polar surface area (TPSA) is 86.0 Å². The molecule has 0 spiro atoms. The van der Waals surface area contributed by atoms with Gasteiger partial charge in [0.1, 0.15) is 5.84 Å². The number of nitriles is 1. The van der Waals surface area contributed by atoms with Crippen LogP contribution < -0.4 is 5.73 Å². The van der Waals surface area contributed by atoms with E-state index >= 15 is 0 Å². The predicted molar refractivity (Wildman–Crippen MR) is 75.2 cm³/mol. The molecule has 0 bridgehead atoms. The first-order valence-electron chi connectivity index (χ1n) is 5.69. The summed E-state index contributed by atoms with van der Waals surface area (Å²) in [7, 11) is 0. The lowest BCUT2D eigenvalue weighted by Crippen LogP contribution is -2.15. The van der Waals surface area contributed by atoms with Crippen LogP contribution in [0.1, 0.15) is 16.7 Å². The fraction of sp³-hybridized carbons (Fsp3) is 0. The molecule has 0 aliphatic heterocycles. The van der Waals surface area contributed by atoms with Gasteiger partial charge in [0.2, 0.25) is 0 Å². The summed E-state index contributed by atoms with van der Waals surface area (Å²) in [4.78, 5) is 4.07. The molecule has 0 aliphatic rings. The Balaban J connectivity index is 2.23. The average Bonchev–Trinajstić information content (AvgIpc) is 2.48. The number of rotatable bonds is 2. The van der Waals surface area contributed by atoms with Crippen molar-refractivity contribution in [1.82, 2.24) is 0 Å². The summed E-state index contributed by atoms with van der Waals surface area (Å²) in [5, 5.41) is 16.6. The van der Waals surface area contributed by atoms with Crippen molar-refractivity contribution < 1.29 is 0 Å². The van der Waals surface area contributed by atoms with Crippen LogP contribution in [0.25, 0.3) is 0 Å². The summed E-state index contributed by atoms with van der Waals surface area (Å²) >= 11 is 0. The molecule has 0 aliphatic carbocycles. The Kier molecular flexibility index (Phi) is 3.70. The van der Waals surface area contributed by atoms with Gasteiger partial charge in [-0.1, -0.05) is 30.3 Å². The van der Waals surface area contributed by atoms with Crippen molar-refractivity contribution >= 4 is 11.7 Å². The first-order chi connectivity index (χ1) is 9.20. The summed E-state index contributed by atoms with van der Waals surface area (Å²) in [6, 6.07) is 18.0. The third kappa shape index (κ3) is 3.05. The number of amidine groups is 2. The standard InChI is InChI=1S/C15H12N4/c16-10-11-6-8-13(9-7-11)15(18)19-14(17)12-4-2-1-3-5-12/h1-9H,(H3,17,18,19). The molecule has 0 heterocycles. The third-order valence-electron chi connectivity index (χ3n) is 2.59. The van der Waals surface area contributed by atoms with Crippen LogP contribution in [0, 0.1) is 16.7 Å². The van der Waals surface area contributed by atoms with Crippen molar-refractivity contribution in [3.05, 3.63) is 71.3 Å². The van der Waals surface area contributed by atoms with E-state index in [2.05, 4.69) is 4.99 Å². The second-order valence-electron chi connectivity index (χ2n) is 3.90. The third-order valence-corrected chi connectivity index (χ3v) is 2.59. The van der Waals surface area contributed by atoms with Crippen LogP contribution >= 0.6 is 0 Å². The minimum Gasteiger partial charge on any atom is -0.383 e. The summed E-state index contributed by atoms with van der Waals surface area (Å²) < 4.78 is 0. The molecule has 0 saturated heterocycles. The van der Waals surface area contributed by atoms with E-state index in [1.54, 1.807) is 36.4 Å². The molecule has 3 N–H and O–H groups in total. The van der Waals surface area contributed by atoms with Gasteiger partial charge in [-0.2, -0.15) is 5.26 Å². The van der Waals surface area contributed by atoms with Crippen molar-refractivity contribution in [3.8, 4) is 6.07 Å². The summed E-state index contributed by atoms with van der Waals surface area (Å²) in [5.41, 5.74) is 7.82. The van der Waals surface area contributed by atoms with Crippen molar-refractivity contribution in [2.24, 2.45) is 10.7 Å². The smallest absolute Gasteiger partial charge is 0.154 e. The molecule has 4 heteroatoms. The number of aliphatic imine (C=N–C) groups is 1. The number of nitrogens with one attached hydrogen (secondary N) is 1. The molecule has 0 amide bonds. The van der Waals surface area contributed by atoms with Gasteiger partial charge in [0.25, 0.3) is 0 Å². The van der Waals surface area contributed by atoms with E-state index in [9.17, 15) is 0 Å². The van der Waals surface area contributed by atoms with Crippen LogP contribution in [0.4, 0.5) is 0 Å². The van der Waals surface area contributed by atoms with E-state index in [4.69, 9.17) is 16.4 Å². The van der Waals surface area contributed by atoms with Crippen LogP contribution in [0.15, 0.2) is 59.6 Å². The van der Waals surface area contributed by atoms with Crippen molar-refractivity contribution in [1.29, 1.82) is 10.7 Å². The van der Waals surface area contributed by atoms with Crippen LogP contribution in [0.2, 0.25) is 0 Å². The molecular formula is C15H12N4. The number of benzene rings is 2. The fourth-order valence-corrected chi connectivity index (χ4v) is 1.56. The van der Waals surface area contributed by atoms with E-state index in [0.717, 1.165) is 0 Å². The minimum absolute atomic E-state index is 0.113. The molecule has 0 atom stereocenters. The van der Waals surface area contributed by atoms with E-state index < -0.39 is 0 Å². The molecule has 0 radical (unpaired) electrons. The molecule has 2 rings (SSSR count). The Hall–Kier alpha value is -2.93. The molecular weight excluding hydrogens is 236 g/mol. The van der Waals surface area contributed by atoms with Crippen LogP contribution in [-0.4, -0.2) is 11.7 Å². The first-order valence-corrected chi connectivity index (χ1v) is 5.69. The average molecular weight is 248 g/mol. The zero-order valence-electron chi connectivity index (χ0n) is 10.2. The Morgan fingerprint density at radius 2 is 1.63 bits per heavy atom. The van der Waals surface area contributed by atoms with Gasteiger partial charge in [-0.05, 0) is 24.3 Å². The molecule has 2 aromatic carbocycles. The lowest BCUT2D eigenvalue weighted by Gasteiger charge is -2.02. The van der Waals surface area contributed by atoms with Gasteiger partial charge in [0, 0.05) is 11.1 Å². The van der Waals surface area contributed by atoms with Gasteiger partial charge in [-0.3, -0.25) is 5.41 Å². The van der Waals surface area contributed by atoms with E-state index in [0.29, 0.717) is 16.7 Å². The molecule has 19 heavy (non-hydrogen) atoms. The highest BCUT2D eigenvalue weighted by Gasteiger charge is 2.02. The Bertz CT molecular complexity index is 649. The van der Waals surface area contributed by atoms with Crippen molar-refractivity contribution in [3.63, 3.8) is 0 Å². The molecule has 0 saturated carbocycles. The summed E-state index contributed by atoms with van der Waals surface area (Å²) in [5.74, 6) is 0.376. The molecule has 0 fully saturated rings. The van der Waals surface area contributed by atoms with Gasteiger partial charge >= 0.3 is 0 Å². The maximum atomic E-state index is 8.72. The Morgan fingerprint density at radius 3 is 2.21 bits per heavy atom. The van der Waals surface area contributed by atoms with Crippen molar-refractivity contribution in [2.75, 3.05) is 0 Å². The van der Waals surface area contributed by atoms with Gasteiger partial charge < -0.3 is 5.73 Å². The highest BCUT2D eigenvalue weighted by Crippen LogP contribution is 2.05. The lowest BCUT2D eigenvalue weighted by molar-refractivity contribution is 1.39. The fourth-order valence-electron chi connectivity index (χ4n) is 1.56. The number of nitrogens with zero attached hydrogens (tertiary/aromatic N) is 2.